The van der Waals surface area contributed by atoms with Gasteiger partial charge in [0.15, 0.2) is 5.65 Å². The number of alkyl carbamates (subject to hydrolysis) is 1. The Labute approximate surface area is 251 Å². The van der Waals surface area contributed by atoms with Gasteiger partial charge in [0.25, 0.3) is 10.0 Å². The predicted molar refractivity (Wildman–Crippen MR) is 164 cm³/mol. The quantitative estimate of drug-likeness (QED) is 0.268. The van der Waals surface area contributed by atoms with Crippen LogP contribution in [-0.4, -0.2) is 54.2 Å². The molecular formula is C32H36N4O6S. The molecule has 2 N–H and O–H groups in total. The van der Waals surface area contributed by atoms with Gasteiger partial charge < -0.3 is 20.1 Å². The van der Waals surface area contributed by atoms with E-state index in [4.69, 9.17) is 9.47 Å². The van der Waals surface area contributed by atoms with E-state index in [1.54, 1.807) is 75.5 Å². The number of fused-ring (bicyclic) bond motifs is 1. The zero-order valence-electron chi connectivity index (χ0n) is 24.4. The first-order valence-electron chi connectivity index (χ1n) is 14.3. The average molecular weight is 605 g/mol. The molecule has 1 saturated heterocycles. The van der Waals surface area contributed by atoms with Crippen molar-refractivity contribution in [1.82, 2.24) is 14.3 Å². The Bertz CT molecular complexity index is 1690. The number of carbonyl (C=O) groups is 2. The lowest BCUT2D eigenvalue weighted by Gasteiger charge is -2.28. The van der Waals surface area contributed by atoms with E-state index in [9.17, 15) is 18.0 Å². The van der Waals surface area contributed by atoms with Crippen molar-refractivity contribution in [2.75, 3.05) is 18.5 Å². The smallest absolute Gasteiger partial charge is 0.408 e. The molecule has 2 amide bonds. The minimum atomic E-state index is -3.82. The second kappa shape index (κ2) is 12.6. The van der Waals surface area contributed by atoms with Crippen LogP contribution in [-0.2, 0) is 24.3 Å². The summed E-state index contributed by atoms with van der Waals surface area (Å²) in [6, 6.07) is 18.3. The first-order chi connectivity index (χ1) is 20.5. The van der Waals surface area contributed by atoms with E-state index in [1.165, 1.54) is 10.2 Å². The van der Waals surface area contributed by atoms with E-state index in [-0.39, 0.29) is 16.7 Å². The van der Waals surface area contributed by atoms with E-state index in [2.05, 4.69) is 15.6 Å². The molecule has 4 aromatic rings. The maximum atomic E-state index is 13.4. The normalized spacial score (nSPS) is 15.1. The van der Waals surface area contributed by atoms with Crippen LogP contribution in [0.3, 0.4) is 0 Å². The number of nitrogens with zero attached hydrogens (tertiary/aromatic N) is 2. The van der Waals surface area contributed by atoms with Gasteiger partial charge in [-0.05, 0) is 93.5 Å². The molecule has 1 fully saturated rings. The van der Waals surface area contributed by atoms with Crippen molar-refractivity contribution in [3.63, 3.8) is 0 Å². The third-order valence-electron chi connectivity index (χ3n) is 7.24. The number of aromatic nitrogens is 2. The van der Waals surface area contributed by atoms with Crippen LogP contribution in [0.2, 0.25) is 0 Å². The summed E-state index contributed by atoms with van der Waals surface area (Å²) in [4.78, 5) is 30.4. The topological polar surface area (TPSA) is 129 Å². The number of benzene rings is 2. The molecule has 1 atom stereocenters. The Morgan fingerprint density at radius 3 is 2.40 bits per heavy atom. The van der Waals surface area contributed by atoms with E-state index >= 15 is 0 Å². The fraction of sp³-hybridized carbons (Fsp3) is 0.344. The molecule has 1 unspecified atom stereocenters. The van der Waals surface area contributed by atoms with E-state index < -0.39 is 27.8 Å². The number of ether oxygens (including phenoxy) is 2. The van der Waals surface area contributed by atoms with Gasteiger partial charge in [-0.15, -0.1) is 0 Å². The molecule has 2 aromatic carbocycles. The first-order valence-corrected chi connectivity index (χ1v) is 15.7. The fourth-order valence-corrected chi connectivity index (χ4v) is 6.45. The van der Waals surface area contributed by atoms with Crippen LogP contribution >= 0.6 is 0 Å². The number of hydrogen-bond acceptors (Lipinski definition) is 7. The number of nitrogens with one attached hydrogen (secondary N) is 2. The van der Waals surface area contributed by atoms with Gasteiger partial charge in [0, 0.05) is 36.7 Å². The van der Waals surface area contributed by atoms with Crippen molar-refractivity contribution in [2.45, 2.75) is 56.6 Å². The van der Waals surface area contributed by atoms with E-state index in [0.717, 1.165) is 24.0 Å². The zero-order valence-corrected chi connectivity index (χ0v) is 25.3. The lowest BCUT2D eigenvalue weighted by atomic mass is 9.92. The van der Waals surface area contributed by atoms with Gasteiger partial charge in [0.2, 0.25) is 5.91 Å². The molecule has 10 nitrogen and oxygen atoms in total. The van der Waals surface area contributed by atoms with Crippen molar-refractivity contribution in [3.05, 3.63) is 79.1 Å². The van der Waals surface area contributed by atoms with Crippen molar-refractivity contribution >= 4 is 38.7 Å². The lowest BCUT2D eigenvalue weighted by Crippen LogP contribution is -2.47. The molecular weight excluding hydrogens is 568 g/mol. The standard InChI is InChI=1S/C32H36N4O6S/c1-32(2,3)42-31(38)35-28(21-22-15-19-41-20-16-22)30(37)34-24-11-9-23(10-12-24)26-13-17-33-29-27(26)14-18-36(29)43(39,40)25-7-5-4-6-8-25/h4-14,17-18,22,28H,15-16,19-21H2,1-3H3,(H,34,37)(H,35,38). The fourth-order valence-electron chi connectivity index (χ4n) is 5.13. The van der Waals surface area contributed by atoms with Gasteiger partial charge in [0.1, 0.15) is 11.6 Å². The second-order valence-electron chi connectivity index (χ2n) is 11.6. The van der Waals surface area contributed by atoms with Crippen molar-refractivity contribution in [3.8, 4) is 11.1 Å². The molecule has 0 spiro atoms. The SMILES string of the molecule is CC(C)(C)OC(=O)NC(CC1CCOCC1)C(=O)Nc1ccc(-c2ccnc3c2ccn3S(=O)(=O)c2ccccc2)cc1. The van der Waals surface area contributed by atoms with Gasteiger partial charge in [-0.3, -0.25) is 4.79 Å². The van der Waals surface area contributed by atoms with Gasteiger partial charge in [-0.2, -0.15) is 0 Å². The summed E-state index contributed by atoms with van der Waals surface area (Å²) in [7, 11) is -3.82. The molecule has 226 valence electrons. The molecule has 5 rings (SSSR count). The van der Waals surface area contributed by atoms with Crippen LogP contribution in [0.5, 0.6) is 0 Å². The Morgan fingerprint density at radius 2 is 1.72 bits per heavy atom. The number of rotatable bonds is 8. The Morgan fingerprint density at radius 1 is 1.02 bits per heavy atom. The predicted octanol–water partition coefficient (Wildman–Crippen LogP) is 5.59. The van der Waals surface area contributed by atoms with E-state index in [0.29, 0.717) is 36.4 Å². The number of anilines is 1. The minimum absolute atomic E-state index is 0.177. The molecule has 0 aliphatic carbocycles. The maximum absolute atomic E-state index is 13.4. The number of pyridine rings is 1. The van der Waals surface area contributed by atoms with Crippen molar-refractivity contribution in [2.24, 2.45) is 5.92 Å². The third kappa shape index (κ3) is 7.23. The van der Waals surface area contributed by atoms with Gasteiger partial charge in [0.05, 0.1) is 4.90 Å². The average Bonchev–Trinajstić information content (AvgIpc) is 3.43. The summed E-state index contributed by atoms with van der Waals surface area (Å²) in [5.74, 6) is -0.0893. The number of hydrogen-bond donors (Lipinski definition) is 2. The highest BCUT2D eigenvalue weighted by atomic mass is 32.2. The summed E-state index contributed by atoms with van der Waals surface area (Å²) in [5.41, 5.74) is 1.82. The Hall–Kier alpha value is -4.22. The molecule has 43 heavy (non-hydrogen) atoms. The summed E-state index contributed by atoms with van der Waals surface area (Å²) in [6.45, 7) is 6.59. The van der Waals surface area contributed by atoms with E-state index in [1.807, 2.05) is 18.2 Å². The largest absolute Gasteiger partial charge is 0.444 e. The zero-order chi connectivity index (χ0) is 30.6. The first kappa shape index (κ1) is 30.2. The lowest BCUT2D eigenvalue weighted by molar-refractivity contribution is -0.118. The van der Waals surface area contributed by atoms with Gasteiger partial charge in [-0.25, -0.2) is 22.2 Å². The summed E-state index contributed by atoms with van der Waals surface area (Å²) < 4.78 is 38.6. The Kier molecular flexibility index (Phi) is 8.84. The van der Waals surface area contributed by atoms with Crippen LogP contribution in [0.4, 0.5) is 10.5 Å². The third-order valence-corrected chi connectivity index (χ3v) is 8.92. The maximum Gasteiger partial charge on any atom is 0.408 e. The molecule has 3 heterocycles. The van der Waals surface area contributed by atoms with Gasteiger partial charge >= 0.3 is 6.09 Å². The number of carbonyl (C=O) groups excluding carboxylic acids is 2. The molecule has 1 aliphatic rings. The second-order valence-corrected chi connectivity index (χ2v) is 13.4. The molecule has 0 bridgehead atoms. The number of amides is 2. The highest BCUT2D eigenvalue weighted by molar-refractivity contribution is 7.90. The van der Waals surface area contributed by atoms with Crippen molar-refractivity contribution < 1.29 is 27.5 Å². The highest BCUT2D eigenvalue weighted by Crippen LogP contribution is 2.31. The summed E-state index contributed by atoms with van der Waals surface area (Å²) in [5, 5.41) is 6.35. The minimum Gasteiger partial charge on any atom is -0.444 e. The van der Waals surface area contributed by atoms with Gasteiger partial charge in [-0.1, -0.05) is 30.3 Å². The van der Waals surface area contributed by atoms with Crippen LogP contribution in [0.1, 0.15) is 40.0 Å². The van der Waals surface area contributed by atoms with Crippen LogP contribution < -0.4 is 10.6 Å². The summed E-state index contributed by atoms with van der Waals surface area (Å²) >= 11 is 0. The molecule has 1 aliphatic heterocycles. The van der Waals surface area contributed by atoms with Crippen LogP contribution in [0.15, 0.2) is 84.0 Å². The van der Waals surface area contributed by atoms with Crippen LogP contribution in [0.25, 0.3) is 22.2 Å². The molecule has 0 radical (unpaired) electrons. The highest BCUT2D eigenvalue weighted by Gasteiger charge is 2.28. The Balaban J connectivity index is 1.34. The molecule has 2 aromatic heterocycles. The van der Waals surface area contributed by atoms with Crippen molar-refractivity contribution in [1.29, 1.82) is 0 Å². The van der Waals surface area contributed by atoms with Crippen LogP contribution in [0, 0.1) is 5.92 Å². The molecule has 11 heteroatoms. The molecule has 0 saturated carbocycles. The monoisotopic (exact) mass is 604 g/mol. The summed E-state index contributed by atoms with van der Waals surface area (Å²) in [6.07, 6.45) is 4.57.